The maximum Gasteiger partial charge on any atom is 0.129 e. The molecule has 0 atom stereocenters. The first-order valence-electron chi connectivity index (χ1n) is 2.61. The molecule has 0 saturated carbocycles. The molecule has 0 fully saturated rings. The second-order valence-electron chi connectivity index (χ2n) is 1.29. The van der Waals surface area contributed by atoms with Gasteiger partial charge in [0.2, 0.25) is 0 Å². The third-order valence-corrected chi connectivity index (χ3v) is 0.715. The molecule has 0 saturated heterocycles. The smallest absolute Gasteiger partial charge is 0.129 e. The summed E-state index contributed by atoms with van der Waals surface area (Å²) in [4.78, 5) is 3.63. The second-order valence-corrected chi connectivity index (χ2v) is 1.92. The van der Waals surface area contributed by atoms with Gasteiger partial charge in [0.1, 0.15) is 11.8 Å². The van der Waals surface area contributed by atoms with Crippen molar-refractivity contribution in [3.8, 4) is 0 Å². The van der Waals surface area contributed by atoms with Crippen LogP contribution < -0.4 is 0 Å². The zero-order valence-corrected chi connectivity index (χ0v) is 5.98. The second kappa shape index (κ2) is 6.56. The maximum absolute atomic E-state index is 3.65. The Morgan fingerprint density at radius 3 is 2.25 bits per heavy atom. The Kier molecular flexibility index (Phi) is 6.20. The normalized spacial score (nSPS) is 7.25. The molecule has 1 aromatic rings. The molecule has 0 unspecified atom stereocenters. The number of nitrogens with zero attached hydrogens (tertiary/aromatic N) is 2. The van der Waals surface area contributed by atoms with Crippen LogP contribution in [0.25, 0.3) is 0 Å². The third kappa shape index (κ3) is 5.56. The maximum atomic E-state index is 3.65. The summed E-state index contributed by atoms with van der Waals surface area (Å²) in [5.41, 5.74) is 1.68. The van der Waals surface area contributed by atoms with Crippen LogP contribution >= 0.6 is 11.5 Å². The van der Waals surface area contributed by atoms with Crippen molar-refractivity contribution in [3.63, 3.8) is 0 Å². The highest BCUT2D eigenvalue weighted by Gasteiger charge is 1.60. The van der Waals surface area contributed by atoms with Crippen LogP contribution in [0.2, 0.25) is 0 Å². The van der Waals surface area contributed by atoms with E-state index in [-0.39, 0.29) is 0 Å². The molecule has 3 heteroatoms. The van der Waals surface area contributed by atoms with E-state index in [0.29, 0.717) is 0 Å². The molecule has 0 aliphatic carbocycles. The van der Waals surface area contributed by atoms with Crippen molar-refractivity contribution in [1.82, 2.24) is 9.36 Å². The van der Waals surface area contributed by atoms with Crippen LogP contribution in [0.4, 0.5) is 0 Å². The van der Waals surface area contributed by atoms with Gasteiger partial charge in [-0.1, -0.05) is 20.3 Å². The van der Waals surface area contributed by atoms with Gasteiger partial charge in [-0.3, -0.25) is 0 Å². The van der Waals surface area contributed by atoms with Gasteiger partial charge in [0.15, 0.2) is 0 Å². The van der Waals surface area contributed by atoms with E-state index < -0.39 is 0 Å². The summed E-state index contributed by atoms with van der Waals surface area (Å²) in [6, 6.07) is 0. The average molecular weight is 130 g/mol. The zero-order valence-electron chi connectivity index (χ0n) is 5.16. The van der Waals surface area contributed by atoms with Crippen molar-refractivity contribution in [2.75, 3.05) is 0 Å². The molecule has 0 aromatic carbocycles. The fourth-order valence-electron chi connectivity index (χ4n) is 0.136. The first-order chi connectivity index (χ1) is 3.91. The molecular formula is C5H10N2S. The van der Waals surface area contributed by atoms with Crippen LogP contribution in [0.15, 0.2) is 11.8 Å². The summed E-state index contributed by atoms with van der Waals surface area (Å²) in [6.45, 7) is 4.25. The molecule has 0 aliphatic heterocycles. The lowest BCUT2D eigenvalue weighted by atomic mass is 10.6. The van der Waals surface area contributed by atoms with Crippen LogP contribution in [0.1, 0.15) is 20.3 Å². The predicted molar refractivity (Wildman–Crippen MR) is 35.9 cm³/mol. The highest BCUT2D eigenvalue weighted by atomic mass is 32.1. The van der Waals surface area contributed by atoms with Gasteiger partial charge in [-0.15, -0.1) is 0 Å². The van der Waals surface area contributed by atoms with Gasteiger partial charge < -0.3 is 0 Å². The third-order valence-electron chi connectivity index (χ3n) is 0.283. The summed E-state index contributed by atoms with van der Waals surface area (Å²) in [5, 5.41) is 0. The molecule has 0 N–H and O–H groups in total. The van der Waals surface area contributed by atoms with Crippen LogP contribution in [-0.4, -0.2) is 9.36 Å². The Labute approximate surface area is 53.8 Å². The van der Waals surface area contributed by atoms with Crippen molar-refractivity contribution in [3.05, 3.63) is 11.8 Å². The molecule has 0 spiro atoms. The van der Waals surface area contributed by atoms with Crippen LogP contribution in [0.3, 0.4) is 0 Å². The number of hydrogen-bond acceptors (Lipinski definition) is 3. The lowest BCUT2D eigenvalue weighted by Gasteiger charge is -1.48. The van der Waals surface area contributed by atoms with Gasteiger partial charge in [0.05, 0.1) is 0 Å². The molecule has 1 heterocycles. The van der Waals surface area contributed by atoms with Crippen LogP contribution in [0, 0.1) is 0 Å². The summed E-state index contributed by atoms with van der Waals surface area (Å²) < 4.78 is 3.65. The largest absolute Gasteiger partial charge is 0.231 e. The zero-order chi connectivity index (χ0) is 6.24. The molecular weight excluding hydrogens is 120 g/mol. The Bertz CT molecular complexity index is 77.3. The molecule has 0 bridgehead atoms. The highest BCUT2D eigenvalue weighted by molar-refractivity contribution is 7.03. The van der Waals surface area contributed by atoms with Gasteiger partial charge in [0, 0.05) is 0 Å². The lowest BCUT2D eigenvalue weighted by Crippen LogP contribution is -1.43. The van der Waals surface area contributed by atoms with Crippen molar-refractivity contribution < 1.29 is 0 Å². The molecule has 2 nitrogen and oxygen atoms in total. The number of hydrogen-bond donors (Lipinski definition) is 0. The molecule has 0 amide bonds. The minimum Gasteiger partial charge on any atom is -0.231 e. The van der Waals surface area contributed by atoms with E-state index in [2.05, 4.69) is 23.2 Å². The van der Waals surface area contributed by atoms with E-state index in [1.54, 1.807) is 5.51 Å². The topological polar surface area (TPSA) is 25.8 Å². The first kappa shape index (κ1) is 7.56. The predicted octanol–water partition coefficient (Wildman–Crippen LogP) is 1.95. The van der Waals surface area contributed by atoms with E-state index >= 15 is 0 Å². The quantitative estimate of drug-likeness (QED) is 0.536. The fraction of sp³-hybridized carbons (Fsp3) is 0.600. The van der Waals surface area contributed by atoms with Crippen LogP contribution in [0.5, 0.6) is 0 Å². The standard InChI is InChI=1S/C3H8.C2H2N2S/c1-3-2;1-3-2-5-4-1/h3H2,1-2H3;1-2H. The van der Waals surface area contributed by atoms with Crippen molar-refractivity contribution in [2.45, 2.75) is 20.3 Å². The highest BCUT2D eigenvalue weighted by Crippen LogP contribution is 1.77. The molecule has 0 aliphatic rings. The van der Waals surface area contributed by atoms with Crippen molar-refractivity contribution in [1.29, 1.82) is 0 Å². The van der Waals surface area contributed by atoms with Gasteiger partial charge >= 0.3 is 0 Å². The van der Waals surface area contributed by atoms with Gasteiger partial charge in [-0.2, -0.15) is 4.37 Å². The Morgan fingerprint density at radius 1 is 1.50 bits per heavy atom. The van der Waals surface area contributed by atoms with Gasteiger partial charge in [0.25, 0.3) is 0 Å². The average Bonchev–Trinajstić information content (AvgIpc) is 2.17. The Hall–Kier alpha value is -0.440. The van der Waals surface area contributed by atoms with Gasteiger partial charge in [-0.05, 0) is 11.5 Å². The number of rotatable bonds is 0. The Balaban J connectivity index is 0.000000145. The van der Waals surface area contributed by atoms with E-state index in [0.717, 1.165) is 0 Å². The van der Waals surface area contributed by atoms with E-state index in [4.69, 9.17) is 0 Å². The van der Waals surface area contributed by atoms with E-state index in [1.807, 2.05) is 0 Å². The Morgan fingerprint density at radius 2 is 2.12 bits per heavy atom. The summed E-state index contributed by atoms with van der Waals surface area (Å²) in [7, 11) is 0. The van der Waals surface area contributed by atoms with Gasteiger partial charge in [-0.25, -0.2) is 4.98 Å². The van der Waals surface area contributed by atoms with E-state index in [1.165, 1.54) is 24.3 Å². The van der Waals surface area contributed by atoms with Crippen molar-refractivity contribution in [2.24, 2.45) is 0 Å². The molecule has 1 rings (SSSR count). The minimum atomic E-state index is 1.25. The summed E-state index contributed by atoms with van der Waals surface area (Å²) in [6.07, 6.45) is 2.77. The monoisotopic (exact) mass is 130 g/mol. The first-order valence-corrected chi connectivity index (χ1v) is 3.44. The molecule has 46 valence electrons. The SMILES string of the molecule is CCC.c1ncsn1. The summed E-state index contributed by atoms with van der Waals surface area (Å²) >= 11 is 1.35. The van der Waals surface area contributed by atoms with E-state index in [9.17, 15) is 0 Å². The molecule has 1 aromatic heterocycles. The summed E-state index contributed by atoms with van der Waals surface area (Å²) in [5.74, 6) is 0. The minimum absolute atomic E-state index is 1.25. The fourth-order valence-corrected chi connectivity index (χ4v) is 0.408. The lowest BCUT2D eigenvalue weighted by molar-refractivity contribution is 1.09. The van der Waals surface area contributed by atoms with Crippen molar-refractivity contribution >= 4 is 11.5 Å². The number of aromatic nitrogens is 2. The molecule has 0 radical (unpaired) electrons. The van der Waals surface area contributed by atoms with Crippen LogP contribution in [-0.2, 0) is 0 Å². The molecule has 8 heavy (non-hydrogen) atoms.